The molecule has 0 amide bonds. The van der Waals surface area contributed by atoms with Crippen LogP contribution in [0.3, 0.4) is 0 Å². The first-order valence-corrected chi connectivity index (χ1v) is 8.17. The molecular weight excluding hydrogens is 302 g/mol. The fraction of sp³-hybridized carbons (Fsp3) is 0.333. The smallest absolute Gasteiger partial charge is 0.221 e. The number of benzene rings is 1. The number of ether oxygens (including phenoxy) is 1. The molecule has 6 nitrogen and oxygen atoms in total. The number of nitrogen functional groups attached to an aromatic ring is 2. The highest BCUT2D eigenvalue weighted by Gasteiger charge is 2.19. The van der Waals surface area contributed by atoms with Crippen molar-refractivity contribution in [3.63, 3.8) is 0 Å². The summed E-state index contributed by atoms with van der Waals surface area (Å²) in [5.41, 5.74) is 15.9. The average Bonchev–Trinajstić information content (AvgIpc) is 2.91. The summed E-state index contributed by atoms with van der Waals surface area (Å²) in [5, 5.41) is 1.09. The first-order chi connectivity index (χ1) is 11.5. The number of hydrogen-bond donors (Lipinski definition) is 3. The number of aryl methyl sites for hydroxylation is 1. The summed E-state index contributed by atoms with van der Waals surface area (Å²) >= 11 is 0. The molecule has 0 saturated heterocycles. The molecule has 0 radical (unpaired) electrons. The molecule has 2 aromatic heterocycles. The Morgan fingerprint density at radius 3 is 2.67 bits per heavy atom. The van der Waals surface area contributed by atoms with Crippen molar-refractivity contribution >= 4 is 22.7 Å². The molecule has 3 aromatic rings. The molecule has 1 unspecified atom stereocenters. The third kappa shape index (κ3) is 2.87. The number of hydrogen-bond acceptors (Lipinski definition) is 5. The van der Waals surface area contributed by atoms with E-state index in [1.54, 1.807) is 6.20 Å². The van der Waals surface area contributed by atoms with E-state index >= 15 is 0 Å². The van der Waals surface area contributed by atoms with Crippen LogP contribution < -0.4 is 16.2 Å². The van der Waals surface area contributed by atoms with E-state index in [-0.39, 0.29) is 11.9 Å². The quantitative estimate of drug-likeness (QED) is 0.667. The third-order valence-corrected chi connectivity index (χ3v) is 4.21. The maximum absolute atomic E-state index is 6.08. The highest BCUT2D eigenvalue weighted by Crippen LogP contribution is 2.36. The van der Waals surface area contributed by atoms with Gasteiger partial charge in [-0.1, -0.05) is 6.92 Å². The van der Waals surface area contributed by atoms with Crippen LogP contribution in [0.2, 0.25) is 0 Å². The molecule has 0 aliphatic rings. The number of nitrogens with one attached hydrogen (secondary N) is 1. The molecule has 0 spiro atoms. The van der Waals surface area contributed by atoms with Crippen molar-refractivity contribution in [2.45, 2.75) is 33.1 Å². The van der Waals surface area contributed by atoms with E-state index in [2.05, 4.69) is 40.1 Å². The molecule has 0 bridgehead atoms. The van der Waals surface area contributed by atoms with Crippen molar-refractivity contribution in [2.24, 2.45) is 0 Å². The molecule has 2 heterocycles. The second-order valence-electron chi connectivity index (χ2n) is 5.90. The van der Waals surface area contributed by atoms with Gasteiger partial charge in [0, 0.05) is 34.3 Å². The summed E-state index contributed by atoms with van der Waals surface area (Å²) in [6.45, 7) is 6.76. The zero-order valence-electron chi connectivity index (χ0n) is 14.3. The lowest BCUT2D eigenvalue weighted by Gasteiger charge is -2.18. The van der Waals surface area contributed by atoms with Crippen molar-refractivity contribution in [1.29, 1.82) is 0 Å². The Balaban J connectivity index is 2.14. The van der Waals surface area contributed by atoms with E-state index in [4.69, 9.17) is 16.2 Å². The molecule has 0 fully saturated rings. The van der Waals surface area contributed by atoms with Gasteiger partial charge in [-0.25, -0.2) is 4.98 Å². The fourth-order valence-electron chi connectivity index (χ4n) is 3.16. The van der Waals surface area contributed by atoms with E-state index in [1.165, 1.54) is 0 Å². The Morgan fingerprint density at radius 1 is 1.21 bits per heavy atom. The van der Waals surface area contributed by atoms with Crippen LogP contribution in [-0.2, 0) is 0 Å². The number of anilines is 2. The van der Waals surface area contributed by atoms with Crippen molar-refractivity contribution < 1.29 is 4.74 Å². The van der Waals surface area contributed by atoms with Crippen LogP contribution in [0.15, 0.2) is 24.4 Å². The van der Waals surface area contributed by atoms with Crippen LogP contribution in [0.4, 0.5) is 11.8 Å². The summed E-state index contributed by atoms with van der Waals surface area (Å²) < 4.78 is 5.85. The number of aromatic nitrogens is 3. The van der Waals surface area contributed by atoms with Gasteiger partial charge in [0.05, 0.1) is 6.61 Å². The van der Waals surface area contributed by atoms with Crippen molar-refractivity contribution in [1.82, 2.24) is 15.0 Å². The minimum Gasteiger partial charge on any atom is -0.493 e. The van der Waals surface area contributed by atoms with Gasteiger partial charge in [0.1, 0.15) is 11.6 Å². The van der Waals surface area contributed by atoms with Crippen molar-refractivity contribution in [3.05, 3.63) is 41.2 Å². The summed E-state index contributed by atoms with van der Waals surface area (Å²) in [6.07, 6.45) is 2.59. The molecule has 5 N–H and O–H groups in total. The van der Waals surface area contributed by atoms with Gasteiger partial charge < -0.3 is 21.2 Å². The van der Waals surface area contributed by atoms with E-state index < -0.39 is 0 Å². The van der Waals surface area contributed by atoms with Gasteiger partial charge >= 0.3 is 0 Å². The molecule has 0 aliphatic heterocycles. The average molecular weight is 325 g/mol. The van der Waals surface area contributed by atoms with Crippen LogP contribution in [0.1, 0.15) is 43.0 Å². The standard InChI is InChI=1S/C18H23N5O/c1-4-12(14-9-21-18(20)23-17(14)19)11-7-15-13(6-10(3)22-15)16(8-11)24-5-2/h6-9,12,22H,4-5H2,1-3H3,(H4,19,20,21,23). The lowest BCUT2D eigenvalue weighted by Crippen LogP contribution is -2.09. The molecule has 6 heteroatoms. The minimum absolute atomic E-state index is 0.0813. The molecule has 1 aromatic carbocycles. The third-order valence-electron chi connectivity index (χ3n) is 4.21. The maximum Gasteiger partial charge on any atom is 0.221 e. The zero-order valence-corrected chi connectivity index (χ0v) is 14.3. The van der Waals surface area contributed by atoms with Crippen molar-refractivity contribution in [2.75, 3.05) is 18.1 Å². The van der Waals surface area contributed by atoms with Gasteiger partial charge in [0.15, 0.2) is 0 Å². The molecular formula is C18H23N5O. The topological polar surface area (TPSA) is 103 Å². The molecule has 3 rings (SSSR count). The van der Waals surface area contributed by atoms with E-state index in [1.807, 2.05) is 13.8 Å². The van der Waals surface area contributed by atoms with Gasteiger partial charge in [-0.3, -0.25) is 0 Å². The SMILES string of the molecule is CCOc1cc(C(CC)c2cnc(N)nc2N)cc2[nH]c(C)cc12. The highest BCUT2D eigenvalue weighted by atomic mass is 16.5. The normalized spacial score (nSPS) is 12.5. The number of fused-ring (bicyclic) bond motifs is 1. The molecule has 1 atom stereocenters. The van der Waals surface area contributed by atoms with Gasteiger partial charge in [0.2, 0.25) is 5.95 Å². The van der Waals surface area contributed by atoms with Crippen LogP contribution in [0.25, 0.3) is 10.9 Å². The summed E-state index contributed by atoms with van der Waals surface area (Å²) in [6, 6.07) is 6.34. The van der Waals surface area contributed by atoms with E-state index in [0.29, 0.717) is 12.4 Å². The zero-order chi connectivity index (χ0) is 17.3. The molecule has 0 saturated carbocycles. The number of nitrogens with zero attached hydrogens (tertiary/aromatic N) is 2. The lowest BCUT2D eigenvalue weighted by molar-refractivity contribution is 0.344. The predicted molar refractivity (Wildman–Crippen MR) is 97.2 cm³/mol. The van der Waals surface area contributed by atoms with Crippen molar-refractivity contribution in [3.8, 4) is 5.75 Å². The van der Waals surface area contributed by atoms with Crippen LogP contribution in [-0.4, -0.2) is 21.6 Å². The van der Waals surface area contributed by atoms with Gasteiger partial charge in [0.25, 0.3) is 0 Å². The Hall–Kier alpha value is -2.76. The van der Waals surface area contributed by atoms with Crippen LogP contribution >= 0.6 is 0 Å². The Labute approximate surface area is 141 Å². The van der Waals surface area contributed by atoms with Gasteiger partial charge in [-0.15, -0.1) is 0 Å². The fourth-order valence-corrected chi connectivity index (χ4v) is 3.16. The van der Waals surface area contributed by atoms with E-state index in [0.717, 1.165) is 39.9 Å². The predicted octanol–water partition coefficient (Wildman–Crippen LogP) is 3.37. The number of aromatic amines is 1. The molecule has 126 valence electrons. The second kappa shape index (κ2) is 6.39. The van der Waals surface area contributed by atoms with Gasteiger partial charge in [-0.2, -0.15) is 4.98 Å². The Bertz CT molecular complexity index is 871. The monoisotopic (exact) mass is 325 g/mol. The first-order valence-electron chi connectivity index (χ1n) is 8.17. The minimum atomic E-state index is 0.0813. The second-order valence-corrected chi connectivity index (χ2v) is 5.90. The molecule has 0 aliphatic carbocycles. The Kier molecular flexibility index (Phi) is 4.29. The highest BCUT2D eigenvalue weighted by molar-refractivity contribution is 5.87. The lowest BCUT2D eigenvalue weighted by atomic mass is 9.89. The van der Waals surface area contributed by atoms with E-state index in [9.17, 15) is 0 Å². The maximum atomic E-state index is 6.08. The summed E-state index contributed by atoms with van der Waals surface area (Å²) in [7, 11) is 0. The Morgan fingerprint density at radius 2 is 2.00 bits per heavy atom. The summed E-state index contributed by atoms with van der Waals surface area (Å²) in [4.78, 5) is 11.6. The largest absolute Gasteiger partial charge is 0.493 e. The number of rotatable bonds is 5. The van der Waals surface area contributed by atoms with Crippen LogP contribution in [0, 0.1) is 6.92 Å². The number of nitrogens with two attached hydrogens (primary N) is 2. The first kappa shape index (κ1) is 16.1. The van der Waals surface area contributed by atoms with Crippen LogP contribution in [0.5, 0.6) is 5.75 Å². The molecule has 24 heavy (non-hydrogen) atoms. The number of H-pyrrole nitrogens is 1. The van der Waals surface area contributed by atoms with Gasteiger partial charge in [-0.05, 0) is 44.0 Å². The summed E-state index contributed by atoms with van der Waals surface area (Å²) in [5.74, 6) is 1.58.